The van der Waals surface area contributed by atoms with Gasteiger partial charge in [0, 0.05) is 23.1 Å². The molecule has 0 aliphatic heterocycles. The first kappa shape index (κ1) is 18.5. The lowest BCUT2D eigenvalue weighted by molar-refractivity contribution is -0.384. The monoisotopic (exact) mass is 363 g/mol. The molecule has 0 spiro atoms. The number of sulfone groups is 1. The summed E-state index contributed by atoms with van der Waals surface area (Å²) in [6.07, 6.45) is 1.40. The minimum absolute atomic E-state index is 0.0331. The molecular weight excluding hydrogens is 346 g/mol. The van der Waals surface area contributed by atoms with E-state index in [4.69, 9.17) is 9.47 Å². The van der Waals surface area contributed by atoms with E-state index in [2.05, 4.69) is 0 Å². The van der Waals surface area contributed by atoms with Crippen molar-refractivity contribution in [2.75, 3.05) is 13.7 Å². The van der Waals surface area contributed by atoms with Crippen molar-refractivity contribution in [3.05, 3.63) is 63.6 Å². The Morgan fingerprint density at radius 1 is 1.16 bits per heavy atom. The quantitative estimate of drug-likeness (QED) is 0.552. The molecule has 0 N–H and O–H groups in total. The largest absolute Gasteiger partial charge is 0.492 e. The normalized spacial score (nSPS) is 11.4. The number of para-hydroxylation sites is 1. The fourth-order valence-electron chi connectivity index (χ4n) is 2.15. The molecule has 8 heteroatoms. The predicted octanol–water partition coefficient (Wildman–Crippen LogP) is 3.45. The lowest BCUT2D eigenvalue weighted by Crippen LogP contribution is -1.98. The maximum absolute atomic E-state index is 12.4. The Bertz CT molecular complexity index is 888. The van der Waals surface area contributed by atoms with Crippen LogP contribution >= 0.6 is 0 Å². The zero-order valence-corrected chi connectivity index (χ0v) is 14.5. The lowest BCUT2D eigenvalue weighted by atomic mass is 10.2. The molecule has 0 saturated heterocycles. The van der Waals surface area contributed by atoms with E-state index < -0.39 is 14.8 Å². The second-order valence-corrected chi connectivity index (χ2v) is 6.74. The molecule has 0 saturated carbocycles. The van der Waals surface area contributed by atoms with Gasteiger partial charge in [0.1, 0.15) is 0 Å². The highest BCUT2D eigenvalue weighted by Crippen LogP contribution is 2.32. The number of hydrogen-bond acceptors (Lipinski definition) is 6. The molecule has 0 radical (unpaired) electrons. The van der Waals surface area contributed by atoms with Gasteiger partial charge in [-0.2, -0.15) is 0 Å². The van der Waals surface area contributed by atoms with Gasteiger partial charge < -0.3 is 9.47 Å². The van der Waals surface area contributed by atoms with Crippen LogP contribution in [0, 0.1) is 10.1 Å². The van der Waals surface area contributed by atoms with Gasteiger partial charge in [-0.1, -0.05) is 12.1 Å². The number of ether oxygens (including phenoxy) is 2. The van der Waals surface area contributed by atoms with Crippen molar-refractivity contribution in [2.45, 2.75) is 11.8 Å². The van der Waals surface area contributed by atoms with Crippen molar-refractivity contribution in [1.82, 2.24) is 0 Å². The van der Waals surface area contributed by atoms with Gasteiger partial charge in [0.05, 0.1) is 23.5 Å². The number of hydrogen-bond donors (Lipinski definition) is 0. The molecule has 2 aromatic rings. The maximum atomic E-state index is 12.4. The summed E-state index contributed by atoms with van der Waals surface area (Å²) in [5, 5.41) is 11.7. The molecule has 0 fully saturated rings. The molecule has 7 nitrogen and oxygen atoms in total. The number of non-ortho nitro benzene ring substituents is 1. The molecule has 25 heavy (non-hydrogen) atoms. The number of benzene rings is 2. The summed E-state index contributed by atoms with van der Waals surface area (Å²) in [5.74, 6) is 0.944. The van der Waals surface area contributed by atoms with E-state index in [1.807, 2.05) is 6.92 Å². The minimum atomic E-state index is -3.75. The second kappa shape index (κ2) is 7.80. The average molecular weight is 363 g/mol. The highest BCUT2D eigenvalue weighted by Gasteiger charge is 2.14. The second-order valence-electron chi connectivity index (χ2n) is 4.91. The number of nitro benzene ring substituents is 1. The zero-order chi connectivity index (χ0) is 18.4. The third-order valence-electron chi connectivity index (χ3n) is 3.32. The molecular formula is C17H17NO6S. The molecule has 0 amide bonds. The predicted molar refractivity (Wildman–Crippen MR) is 93.5 cm³/mol. The Kier molecular flexibility index (Phi) is 5.76. The lowest BCUT2D eigenvalue weighted by Gasteiger charge is -2.11. The van der Waals surface area contributed by atoms with E-state index in [0.717, 1.165) is 17.5 Å². The van der Waals surface area contributed by atoms with Crippen molar-refractivity contribution in [1.29, 1.82) is 0 Å². The van der Waals surface area contributed by atoms with E-state index >= 15 is 0 Å². The fraction of sp³-hybridized carbons (Fsp3) is 0.176. The number of nitrogens with zero attached hydrogens (tertiary/aromatic N) is 1. The Labute approximate surface area is 145 Å². The van der Waals surface area contributed by atoms with E-state index in [0.29, 0.717) is 23.7 Å². The summed E-state index contributed by atoms with van der Waals surface area (Å²) in [6.45, 7) is 2.28. The van der Waals surface area contributed by atoms with Gasteiger partial charge in [0.15, 0.2) is 21.3 Å². The number of methoxy groups -OCH3 is 1. The molecule has 0 heterocycles. The highest BCUT2D eigenvalue weighted by atomic mass is 32.2. The van der Waals surface area contributed by atoms with Gasteiger partial charge >= 0.3 is 0 Å². The summed E-state index contributed by atoms with van der Waals surface area (Å²) >= 11 is 0. The first-order chi connectivity index (χ1) is 11.9. The number of rotatable bonds is 7. The Morgan fingerprint density at radius 3 is 2.40 bits per heavy atom. The van der Waals surface area contributed by atoms with Gasteiger partial charge in [0.25, 0.3) is 5.69 Å². The van der Waals surface area contributed by atoms with E-state index in [-0.39, 0.29) is 10.6 Å². The molecule has 132 valence electrons. The van der Waals surface area contributed by atoms with Crippen molar-refractivity contribution in [3.63, 3.8) is 0 Å². The molecule has 2 rings (SSSR count). The standard InChI is InChI=1S/C17H17NO6S/c1-3-24-16-6-4-5-13(17(16)23-2)11-12-25(21,22)15-9-7-14(8-10-15)18(19)20/h4-12H,3H2,1-2H3/b12-11+. The van der Waals surface area contributed by atoms with Gasteiger partial charge in [0.2, 0.25) is 0 Å². The molecule has 2 aromatic carbocycles. The van der Waals surface area contributed by atoms with Crippen LogP contribution in [0.3, 0.4) is 0 Å². The smallest absolute Gasteiger partial charge is 0.269 e. The Balaban J connectivity index is 2.34. The summed E-state index contributed by atoms with van der Waals surface area (Å²) in [5.41, 5.74) is 0.368. The summed E-state index contributed by atoms with van der Waals surface area (Å²) in [7, 11) is -2.28. The zero-order valence-electron chi connectivity index (χ0n) is 13.7. The molecule has 0 bridgehead atoms. The van der Waals surface area contributed by atoms with Crippen molar-refractivity contribution in [3.8, 4) is 11.5 Å². The van der Waals surface area contributed by atoms with Gasteiger partial charge in [-0.05, 0) is 31.2 Å². The molecule has 0 aliphatic carbocycles. The topological polar surface area (TPSA) is 95.7 Å². The van der Waals surface area contributed by atoms with Crippen molar-refractivity contribution in [2.24, 2.45) is 0 Å². The molecule has 0 aromatic heterocycles. The minimum Gasteiger partial charge on any atom is -0.492 e. The highest BCUT2D eigenvalue weighted by molar-refractivity contribution is 7.94. The van der Waals surface area contributed by atoms with Crippen LogP contribution in [0.25, 0.3) is 6.08 Å². The summed E-state index contributed by atoms with van der Waals surface area (Å²) < 4.78 is 35.5. The fourth-order valence-corrected chi connectivity index (χ4v) is 3.15. The first-order valence-corrected chi connectivity index (χ1v) is 8.91. The SMILES string of the molecule is CCOc1cccc(/C=C/S(=O)(=O)c2ccc([N+](=O)[O-])cc2)c1OC. The van der Waals surface area contributed by atoms with Crippen molar-refractivity contribution >= 4 is 21.6 Å². The van der Waals surface area contributed by atoms with Crippen LogP contribution in [0.5, 0.6) is 11.5 Å². The third kappa shape index (κ3) is 4.36. The molecule has 0 aliphatic rings. The van der Waals surface area contributed by atoms with Crippen LogP contribution in [0.4, 0.5) is 5.69 Å². The summed E-state index contributed by atoms with van der Waals surface area (Å²) in [6, 6.07) is 9.85. The van der Waals surface area contributed by atoms with Crippen LogP contribution in [0.2, 0.25) is 0 Å². The summed E-state index contributed by atoms with van der Waals surface area (Å²) in [4.78, 5) is 10.0. The van der Waals surface area contributed by atoms with Crippen LogP contribution < -0.4 is 9.47 Å². The third-order valence-corrected chi connectivity index (χ3v) is 4.74. The van der Waals surface area contributed by atoms with E-state index in [9.17, 15) is 18.5 Å². The van der Waals surface area contributed by atoms with Gasteiger partial charge in [-0.25, -0.2) is 8.42 Å². The van der Waals surface area contributed by atoms with Crippen LogP contribution in [0.15, 0.2) is 52.8 Å². The maximum Gasteiger partial charge on any atom is 0.269 e. The Morgan fingerprint density at radius 2 is 1.84 bits per heavy atom. The molecule has 0 unspecified atom stereocenters. The van der Waals surface area contributed by atoms with E-state index in [1.54, 1.807) is 18.2 Å². The van der Waals surface area contributed by atoms with Crippen LogP contribution in [-0.4, -0.2) is 27.1 Å². The van der Waals surface area contributed by atoms with Crippen LogP contribution in [0.1, 0.15) is 12.5 Å². The van der Waals surface area contributed by atoms with Crippen molar-refractivity contribution < 1.29 is 22.8 Å². The van der Waals surface area contributed by atoms with E-state index in [1.165, 1.54) is 25.3 Å². The van der Waals surface area contributed by atoms with Crippen LogP contribution in [-0.2, 0) is 9.84 Å². The first-order valence-electron chi connectivity index (χ1n) is 7.36. The number of nitro groups is 1. The van der Waals surface area contributed by atoms with Gasteiger partial charge in [-0.15, -0.1) is 0 Å². The molecule has 0 atom stereocenters. The van der Waals surface area contributed by atoms with Gasteiger partial charge in [-0.3, -0.25) is 10.1 Å². The Hall–Kier alpha value is -2.87. The average Bonchev–Trinajstić information content (AvgIpc) is 2.60.